The number of rotatable bonds is 7. The summed E-state index contributed by atoms with van der Waals surface area (Å²) in [6.45, 7) is 4.44. The zero-order valence-electron chi connectivity index (χ0n) is 16.3. The number of anilines is 2. The molecule has 1 N–H and O–H groups in total. The topological polar surface area (TPSA) is 66.5 Å². The zero-order valence-corrected chi connectivity index (χ0v) is 17.9. The Morgan fingerprint density at radius 1 is 1.18 bits per heavy atom. The molecule has 0 fully saturated rings. The highest BCUT2D eigenvalue weighted by molar-refractivity contribution is 7.99. The molecule has 0 aromatic heterocycles. The molecular weight excluding hydrogens is 392 g/mol. The van der Waals surface area contributed by atoms with E-state index in [0.29, 0.717) is 24.2 Å². The predicted molar refractivity (Wildman–Crippen MR) is 117 cm³/mol. The smallest absolute Gasteiger partial charge is 0.256 e. The van der Waals surface area contributed by atoms with Crippen molar-refractivity contribution in [1.82, 2.24) is 0 Å². The van der Waals surface area contributed by atoms with Gasteiger partial charge in [0.2, 0.25) is 10.0 Å². The van der Waals surface area contributed by atoms with Crippen LogP contribution in [-0.2, 0) is 16.4 Å². The van der Waals surface area contributed by atoms with Crippen LogP contribution >= 0.6 is 11.8 Å². The summed E-state index contributed by atoms with van der Waals surface area (Å²) >= 11 is 1.64. The zero-order chi connectivity index (χ0) is 20.1. The van der Waals surface area contributed by atoms with Crippen molar-refractivity contribution in [3.63, 3.8) is 0 Å². The average molecular weight is 419 g/mol. The van der Waals surface area contributed by atoms with Gasteiger partial charge in [-0.3, -0.25) is 9.10 Å². The quantitative estimate of drug-likeness (QED) is 0.670. The van der Waals surface area contributed by atoms with Gasteiger partial charge in [-0.05, 0) is 60.9 Å². The lowest BCUT2D eigenvalue weighted by Crippen LogP contribution is -2.37. The van der Waals surface area contributed by atoms with Crippen LogP contribution in [0.25, 0.3) is 0 Å². The van der Waals surface area contributed by atoms with Gasteiger partial charge in [0.05, 0.1) is 17.0 Å². The van der Waals surface area contributed by atoms with Crippen molar-refractivity contribution in [2.75, 3.05) is 27.7 Å². The third-order valence-electron chi connectivity index (χ3n) is 4.64. The Balaban J connectivity index is 1.84. The van der Waals surface area contributed by atoms with Gasteiger partial charge in [0.15, 0.2) is 0 Å². The second-order valence-corrected chi connectivity index (χ2v) is 10.0. The van der Waals surface area contributed by atoms with Crippen molar-refractivity contribution >= 4 is 39.1 Å². The maximum absolute atomic E-state index is 12.8. The number of hydrogen-bond acceptors (Lipinski definition) is 4. The lowest BCUT2D eigenvalue weighted by Gasteiger charge is -2.30. The minimum atomic E-state index is -3.29. The first kappa shape index (κ1) is 20.7. The molecule has 150 valence electrons. The molecule has 28 heavy (non-hydrogen) atoms. The van der Waals surface area contributed by atoms with Crippen LogP contribution in [0.15, 0.2) is 47.4 Å². The number of fused-ring (bicyclic) bond motifs is 1. The third-order valence-corrected chi connectivity index (χ3v) is 7.57. The summed E-state index contributed by atoms with van der Waals surface area (Å²) in [6, 6.07) is 13.1. The van der Waals surface area contributed by atoms with Crippen LogP contribution < -0.4 is 9.62 Å². The first-order valence-corrected chi connectivity index (χ1v) is 12.2. The SMILES string of the molecule is CCCS(=O)(=O)N1CCCc2cc(NC(=O)c3ccccc3SCC)ccc21. The van der Waals surface area contributed by atoms with Crippen LogP contribution in [0.4, 0.5) is 11.4 Å². The van der Waals surface area contributed by atoms with Gasteiger partial charge < -0.3 is 5.32 Å². The molecule has 2 aromatic carbocycles. The Labute approximate surface area is 171 Å². The standard InChI is InChI=1S/C21H26N2O3S2/c1-3-14-28(25,26)23-13-7-8-16-15-17(11-12-19(16)23)22-21(24)18-9-5-6-10-20(18)27-4-2/h5-6,9-12,15H,3-4,7-8,13-14H2,1-2H3,(H,22,24). The van der Waals surface area contributed by atoms with Gasteiger partial charge >= 0.3 is 0 Å². The molecule has 1 aliphatic rings. The van der Waals surface area contributed by atoms with Crippen LogP contribution in [0.5, 0.6) is 0 Å². The van der Waals surface area contributed by atoms with Gasteiger partial charge in [-0.1, -0.05) is 26.0 Å². The molecule has 0 aliphatic carbocycles. The van der Waals surface area contributed by atoms with E-state index in [0.717, 1.165) is 34.7 Å². The molecule has 0 spiro atoms. The summed E-state index contributed by atoms with van der Waals surface area (Å²) in [5.41, 5.74) is 3.04. The van der Waals surface area contributed by atoms with E-state index in [1.54, 1.807) is 17.8 Å². The van der Waals surface area contributed by atoms with Crippen LogP contribution in [-0.4, -0.2) is 32.4 Å². The summed E-state index contributed by atoms with van der Waals surface area (Å²) in [4.78, 5) is 13.7. The van der Waals surface area contributed by atoms with Gasteiger partial charge in [-0.15, -0.1) is 11.8 Å². The number of benzene rings is 2. The summed E-state index contributed by atoms with van der Waals surface area (Å²) in [5, 5.41) is 2.97. The minimum Gasteiger partial charge on any atom is -0.322 e. The third kappa shape index (κ3) is 4.52. The Morgan fingerprint density at radius 2 is 1.96 bits per heavy atom. The maximum Gasteiger partial charge on any atom is 0.256 e. The molecule has 0 saturated heterocycles. The highest BCUT2D eigenvalue weighted by Gasteiger charge is 2.27. The van der Waals surface area contributed by atoms with Gasteiger partial charge in [-0.25, -0.2) is 8.42 Å². The van der Waals surface area contributed by atoms with Crippen molar-refractivity contribution in [3.05, 3.63) is 53.6 Å². The highest BCUT2D eigenvalue weighted by atomic mass is 32.2. The molecule has 3 rings (SSSR count). The fourth-order valence-corrected chi connectivity index (χ4v) is 5.85. The molecule has 1 aliphatic heterocycles. The Bertz CT molecular complexity index is 958. The van der Waals surface area contributed by atoms with E-state index in [2.05, 4.69) is 12.2 Å². The van der Waals surface area contributed by atoms with Crippen LogP contribution in [0.1, 0.15) is 42.6 Å². The highest BCUT2D eigenvalue weighted by Crippen LogP contribution is 2.32. The van der Waals surface area contributed by atoms with Crippen LogP contribution in [0, 0.1) is 0 Å². The van der Waals surface area contributed by atoms with Gasteiger partial charge in [0.25, 0.3) is 5.91 Å². The Hall–Kier alpha value is -1.99. The summed E-state index contributed by atoms with van der Waals surface area (Å²) < 4.78 is 26.6. The van der Waals surface area contributed by atoms with Gasteiger partial charge in [0.1, 0.15) is 0 Å². The first-order chi connectivity index (χ1) is 13.5. The van der Waals surface area contributed by atoms with Crippen molar-refractivity contribution in [1.29, 1.82) is 0 Å². The molecule has 5 nitrogen and oxygen atoms in total. The van der Waals surface area contributed by atoms with E-state index in [1.165, 1.54) is 4.31 Å². The number of sulfonamides is 1. The number of hydrogen-bond donors (Lipinski definition) is 1. The van der Waals surface area contributed by atoms with E-state index in [4.69, 9.17) is 0 Å². The Kier molecular flexibility index (Phi) is 6.67. The van der Waals surface area contributed by atoms with Crippen LogP contribution in [0.3, 0.4) is 0 Å². The largest absolute Gasteiger partial charge is 0.322 e. The fourth-order valence-electron chi connectivity index (χ4n) is 3.43. The molecule has 0 atom stereocenters. The fraction of sp³-hybridized carbons (Fsp3) is 0.381. The second kappa shape index (κ2) is 9.01. The predicted octanol–water partition coefficient (Wildman–Crippen LogP) is 4.54. The molecule has 1 heterocycles. The van der Waals surface area contributed by atoms with E-state index >= 15 is 0 Å². The van der Waals surface area contributed by atoms with Crippen molar-refractivity contribution < 1.29 is 13.2 Å². The van der Waals surface area contributed by atoms with Gasteiger partial charge in [0, 0.05) is 17.1 Å². The second-order valence-electron chi connectivity index (χ2n) is 6.72. The molecule has 0 saturated carbocycles. The molecule has 0 unspecified atom stereocenters. The van der Waals surface area contributed by atoms with Crippen molar-refractivity contribution in [2.45, 2.75) is 38.0 Å². The number of nitrogens with one attached hydrogen (secondary N) is 1. The number of carbonyl (C=O) groups is 1. The average Bonchev–Trinajstić information content (AvgIpc) is 2.68. The number of thioether (sulfide) groups is 1. The summed E-state index contributed by atoms with van der Waals surface area (Å²) in [5.74, 6) is 0.893. The molecule has 0 radical (unpaired) electrons. The number of aryl methyl sites for hydroxylation is 1. The van der Waals surface area contributed by atoms with E-state index in [1.807, 2.05) is 43.3 Å². The number of amides is 1. The maximum atomic E-state index is 12.8. The van der Waals surface area contributed by atoms with Crippen molar-refractivity contribution in [2.24, 2.45) is 0 Å². The summed E-state index contributed by atoms with van der Waals surface area (Å²) in [6.07, 6.45) is 2.18. The lowest BCUT2D eigenvalue weighted by molar-refractivity contribution is 0.102. The first-order valence-electron chi connectivity index (χ1n) is 9.62. The molecular formula is C21H26N2O3S2. The monoisotopic (exact) mass is 418 g/mol. The Morgan fingerprint density at radius 3 is 2.71 bits per heavy atom. The normalized spacial score (nSPS) is 13.9. The molecule has 1 amide bonds. The summed E-state index contributed by atoms with van der Waals surface area (Å²) in [7, 11) is -3.29. The lowest BCUT2D eigenvalue weighted by atomic mass is 10.0. The van der Waals surface area contributed by atoms with E-state index in [-0.39, 0.29) is 11.7 Å². The van der Waals surface area contributed by atoms with Crippen molar-refractivity contribution in [3.8, 4) is 0 Å². The number of carbonyl (C=O) groups excluding carboxylic acids is 1. The molecule has 0 bridgehead atoms. The van der Waals surface area contributed by atoms with Gasteiger partial charge in [-0.2, -0.15) is 0 Å². The van der Waals surface area contributed by atoms with E-state index < -0.39 is 10.0 Å². The molecule has 2 aromatic rings. The van der Waals surface area contributed by atoms with E-state index in [9.17, 15) is 13.2 Å². The number of nitrogens with zero attached hydrogens (tertiary/aromatic N) is 1. The minimum absolute atomic E-state index is 0.150. The van der Waals surface area contributed by atoms with Crippen LogP contribution in [0.2, 0.25) is 0 Å². The molecule has 7 heteroatoms.